The maximum absolute atomic E-state index is 11.6. The van der Waals surface area contributed by atoms with E-state index >= 15 is 0 Å². The minimum atomic E-state index is 0. The van der Waals surface area contributed by atoms with Crippen LogP contribution in [0.1, 0.15) is 12.8 Å². The number of halogens is 2. The largest absolute Gasteiger partial charge is 0.354 e. The lowest BCUT2D eigenvalue weighted by molar-refractivity contribution is -0.118. The zero-order chi connectivity index (χ0) is 13.0. The number of amides is 1. The Labute approximate surface area is 129 Å². The smallest absolute Gasteiger partial charge is 0.230 e. The minimum absolute atomic E-state index is 0. The lowest BCUT2D eigenvalue weighted by atomic mass is 10.2. The number of carbonyl (C=O) groups excluding carboxylic acids is 1. The molecule has 1 aromatic rings. The van der Waals surface area contributed by atoms with Gasteiger partial charge in [-0.3, -0.25) is 4.79 Å². The van der Waals surface area contributed by atoms with Gasteiger partial charge in [-0.1, -0.05) is 23.7 Å². The third kappa shape index (κ3) is 5.61. The number of carbonyl (C=O) groups is 1. The number of rotatable bonds is 6. The van der Waals surface area contributed by atoms with Crippen LogP contribution in [0.5, 0.6) is 0 Å². The average Bonchev–Trinajstić information content (AvgIpc) is 3.19. The standard InChI is InChI=1S/C13H17ClN2OS.ClH/c14-10-3-1-2-4-12(10)18-8-13(17)16-7-11(15)9-5-6-9;/h1-4,9,11H,5-8,15H2,(H,16,17);1H. The van der Waals surface area contributed by atoms with Crippen LogP contribution in [0.25, 0.3) is 0 Å². The van der Waals surface area contributed by atoms with Gasteiger partial charge in [-0.05, 0) is 30.9 Å². The molecule has 1 aliphatic rings. The average molecular weight is 321 g/mol. The van der Waals surface area contributed by atoms with Crippen LogP contribution >= 0.6 is 35.8 Å². The van der Waals surface area contributed by atoms with Crippen LogP contribution in [0.4, 0.5) is 0 Å². The SMILES string of the molecule is Cl.NC(CNC(=O)CSc1ccccc1Cl)C1CC1. The van der Waals surface area contributed by atoms with Crippen LogP contribution in [-0.2, 0) is 4.79 Å². The highest BCUT2D eigenvalue weighted by atomic mass is 35.5. The molecule has 1 fully saturated rings. The molecule has 3 nitrogen and oxygen atoms in total. The Bertz CT molecular complexity index is 427. The first-order valence-electron chi connectivity index (χ1n) is 6.06. The molecule has 1 aromatic carbocycles. The Morgan fingerprint density at radius 1 is 1.47 bits per heavy atom. The summed E-state index contributed by atoms with van der Waals surface area (Å²) >= 11 is 7.46. The second-order valence-corrected chi connectivity index (χ2v) is 5.95. The lowest BCUT2D eigenvalue weighted by Gasteiger charge is -2.11. The van der Waals surface area contributed by atoms with E-state index in [1.165, 1.54) is 24.6 Å². The molecule has 1 atom stereocenters. The van der Waals surface area contributed by atoms with Crippen molar-refractivity contribution in [2.24, 2.45) is 11.7 Å². The number of thioether (sulfide) groups is 1. The van der Waals surface area contributed by atoms with E-state index in [0.29, 0.717) is 23.2 Å². The second kappa shape index (κ2) is 8.00. The van der Waals surface area contributed by atoms with E-state index in [1.54, 1.807) is 0 Å². The topological polar surface area (TPSA) is 55.1 Å². The predicted octanol–water partition coefficient (Wildman–Crippen LogP) is 2.71. The molecule has 0 saturated heterocycles. The van der Waals surface area contributed by atoms with Crippen molar-refractivity contribution in [3.8, 4) is 0 Å². The highest BCUT2D eigenvalue weighted by molar-refractivity contribution is 8.00. The van der Waals surface area contributed by atoms with Gasteiger partial charge in [-0.15, -0.1) is 24.2 Å². The first kappa shape index (κ1) is 16.6. The normalized spacial score (nSPS) is 15.5. The highest BCUT2D eigenvalue weighted by Gasteiger charge is 2.28. The molecule has 0 heterocycles. The minimum Gasteiger partial charge on any atom is -0.354 e. The molecule has 1 aliphatic carbocycles. The first-order valence-corrected chi connectivity index (χ1v) is 7.43. The molecule has 1 saturated carbocycles. The maximum atomic E-state index is 11.6. The molecule has 3 N–H and O–H groups in total. The van der Waals surface area contributed by atoms with Gasteiger partial charge in [0.05, 0.1) is 10.8 Å². The fraction of sp³-hybridized carbons (Fsp3) is 0.462. The predicted molar refractivity (Wildman–Crippen MR) is 83.1 cm³/mol. The summed E-state index contributed by atoms with van der Waals surface area (Å²) in [7, 11) is 0. The van der Waals surface area contributed by atoms with E-state index in [2.05, 4.69) is 5.32 Å². The molecule has 106 valence electrons. The van der Waals surface area contributed by atoms with Crippen molar-refractivity contribution < 1.29 is 4.79 Å². The number of benzene rings is 1. The molecule has 19 heavy (non-hydrogen) atoms. The van der Waals surface area contributed by atoms with Crippen molar-refractivity contribution in [3.05, 3.63) is 29.3 Å². The van der Waals surface area contributed by atoms with E-state index in [4.69, 9.17) is 17.3 Å². The second-order valence-electron chi connectivity index (χ2n) is 4.52. The third-order valence-corrected chi connectivity index (χ3v) is 4.47. The van der Waals surface area contributed by atoms with Gasteiger partial charge in [-0.25, -0.2) is 0 Å². The summed E-state index contributed by atoms with van der Waals surface area (Å²) < 4.78 is 0. The molecule has 0 aromatic heterocycles. The van der Waals surface area contributed by atoms with Crippen LogP contribution in [0, 0.1) is 5.92 Å². The summed E-state index contributed by atoms with van der Waals surface area (Å²) in [5, 5.41) is 3.55. The third-order valence-electron chi connectivity index (χ3n) is 2.96. The van der Waals surface area contributed by atoms with Gasteiger partial charge in [0.15, 0.2) is 0 Å². The van der Waals surface area contributed by atoms with Gasteiger partial charge >= 0.3 is 0 Å². The summed E-state index contributed by atoms with van der Waals surface area (Å²) in [4.78, 5) is 12.6. The van der Waals surface area contributed by atoms with Crippen LogP contribution in [0.15, 0.2) is 29.2 Å². The van der Waals surface area contributed by atoms with E-state index in [1.807, 2.05) is 24.3 Å². The summed E-state index contributed by atoms with van der Waals surface area (Å²) in [6.07, 6.45) is 2.40. The molecular formula is C13H18Cl2N2OS. The molecule has 6 heteroatoms. The fourth-order valence-corrected chi connectivity index (χ4v) is 2.75. The number of nitrogens with one attached hydrogen (secondary N) is 1. The number of hydrogen-bond donors (Lipinski definition) is 2. The highest BCUT2D eigenvalue weighted by Crippen LogP contribution is 2.31. The molecule has 0 spiro atoms. The Balaban J connectivity index is 0.00000180. The van der Waals surface area contributed by atoms with Gasteiger partial charge in [0, 0.05) is 17.5 Å². The van der Waals surface area contributed by atoms with Crippen molar-refractivity contribution in [2.75, 3.05) is 12.3 Å². The molecule has 1 amide bonds. The summed E-state index contributed by atoms with van der Waals surface area (Å²) in [5.74, 6) is 0.999. The van der Waals surface area contributed by atoms with Gasteiger partial charge in [0.25, 0.3) is 0 Å². The van der Waals surface area contributed by atoms with Gasteiger partial charge < -0.3 is 11.1 Å². The van der Waals surface area contributed by atoms with E-state index in [9.17, 15) is 4.79 Å². The summed E-state index contributed by atoms with van der Waals surface area (Å²) in [5.41, 5.74) is 5.92. The lowest BCUT2D eigenvalue weighted by Crippen LogP contribution is -2.39. The quantitative estimate of drug-likeness (QED) is 0.792. The van der Waals surface area contributed by atoms with E-state index in [-0.39, 0.29) is 24.4 Å². The zero-order valence-corrected chi connectivity index (χ0v) is 12.9. The van der Waals surface area contributed by atoms with Gasteiger partial charge in [0.1, 0.15) is 0 Å². The number of nitrogens with two attached hydrogens (primary N) is 1. The Morgan fingerprint density at radius 2 is 2.16 bits per heavy atom. The van der Waals surface area contributed by atoms with Crippen molar-refractivity contribution in [3.63, 3.8) is 0 Å². The Kier molecular flexibility index (Phi) is 7.00. The van der Waals surface area contributed by atoms with Gasteiger partial charge in [-0.2, -0.15) is 0 Å². The number of hydrogen-bond acceptors (Lipinski definition) is 3. The summed E-state index contributed by atoms with van der Waals surface area (Å²) in [6, 6.07) is 7.64. The summed E-state index contributed by atoms with van der Waals surface area (Å²) in [6.45, 7) is 0.576. The van der Waals surface area contributed by atoms with Gasteiger partial charge in [0.2, 0.25) is 5.91 Å². The first-order chi connectivity index (χ1) is 8.66. The molecule has 0 aliphatic heterocycles. The van der Waals surface area contributed by atoms with Crippen molar-refractivity contribution in [1.82, 2.24) is 5.32 Å². The molecule has 2 rings (SSSR count). The molecule has 0 radical (unpaired) electrons. The maximum Gasteiger partial charge on any atom is 0.230 e. The molecule has 1 unspecified atom stereocenters. The van der Waals surface area contributed by atoms with Crippen molar-refractivity contribution in [1.29, 1.82) is 0 Å². The van der Waals surface area contributed by atoms with Crippen molar-refractivity contribution >= 4 is 41.7 Å². The van der Waals surface area contributed by atoms with E-state index < -0.39 is 0 Å². The Morgan fingerprint density at radius 3 is 2.79 bits per heavy atom. The fourth-order valence-electron chi connectivity index (χ4n) is 1.68. The van der Waals surface area contributed by atoms with Crippen LogP contribution < -0.4 is 11.1 Å². The van der Waals surface area contributed by atoms with Crippen molar-refractivity contribution in [2.45, 2.75) is 23.8 Å². The monoisotopic (exact) mass is 320 g/mol. The van der Waals surface area contributed by atoms with E-state index in [0.717, 1.165) is 4.90 Å². The van der Waals surface area contributed by atoms with Crippen LogP contribution in [0.2, 0.25) is 5.02 Å². The van der Waals surface area contributed by atoms with Crippen LogP contribution in [0.3, 0.4) is 0 Å². The van der Waals surface area contributed by atoms with Crippen LogP contribution in [-0.4, -0.2) is 24.2 Å². The molecular weight excluding hydrogens is 303 g/mol. The zero-order valence-electron chi connectivity index (χ0n) is 10.5. The Hall–Kier alpha value is -0.420. The molecule has 0 bridgehead atoms.